The first-order valence-electron chi connectivity index (χ1n) is 10.3. The summed E-state index contributed by atoms with van der Waals surface area (Å²) in [6.45, 7) is 1.15. The molecule has 11 heteroatoms. The summed E-state index contributed by atoms with van der Waals surface area (Å²) in [5.74, 6) is 0.400. The smallest absolute Gasteiger partial charge is 0.264 e. The summed E-state index contributed by atoms with van der Waals surface area (Å²) in [4.78, 5) is 12.8. The van der Waals surface area contributed by atoms with Crippen molar-refractivity contribution in [1.82, 2.24) is 5.43 Å². The molecule has 0 aliphatic heterocycles. The highest BCUT2D eigenvalue weighted by molar-refractivity contribution is 7.92. The topological polar surface area (TPSA) is 97.3 Å². The third-order valence-corrected chi connectivity index (χ3v) is 7.49. The number of halogens is 2. The van der Waals surface area contributed by atoms with Gasteiger partial charge < -0.3 is 9.47 Å². The van der Waals surface area contributed by atoms with E-state index in [2.05, 4.69) is 10.5 Å². The average Bonchev–Trinajstić information content (AvgIpc) is 2.87. The lowest BCUT2D eigenvalue weighted by atomic mass is 10.1. The third-order valence-electron chi connectivity index (χ3n) is 4.96. The number of hydrazone groups is 1. The zero-order valence-electron chi connectivity index (χ0n) is 19.2. The summed E-state index contributed by atoms with van der Waals surface area (Å²) in [6, 6.07) is 17.3. The van der Waals surface area contributed by atoms with Crippen molar-refractivity contribution in [3.63, 3.8) is 0 Å². The number of nitrogens with zero attached hydrogens (tertiary/aromatic N) is 2. The lowest BCUT2D eigenvalue weighted by Gasteiger charge is -2.24. The van der Waals surface area contributed by atoms with Gasteiger partial charge in [0.1, 0.15) is 6.54 Å². The van der Waals surface area contributed by atoms with Crippen molar-refractivity contribution in [1.29, 1.82) is 0 Å². The molecular weight excluding hydrogens is 513 g/mol. The maximum absolute atomic E-state index is 13.4. The second-order valence-electron chi connectivity index (χ2n) is 7.23. The highest BCUT2D eigenvalue weighted by Gasteiger charge is 2.27. The second-order valence-corrected chi connectivity index (χ2v) is 9.90. The number of carbonyl (C=O) groups excluding carboxylic acids is 1. The first-order valence-corrected chi connectivity index (χ1v) is 12.5. The van der Waals surface area contributed by atoms with Crippen molar-refractivity contribution in [2.45, 2.75) is 11.8 Å². The standard InChI is InChI=1S/C24H23Cl2N3O5S/c1-16(17-9-12-22(33-2)23(13-17)34-3)27-28-24(30)15-29(18-10-11-20(25)21(26)14-18)35(31,32)19-7-5-4-6-8-19/h4-14H,15H2,1-3H3,(H,28,30)/b27-16+. The van der Waals surface area contributed by atoms with Gasteiger partial charge in [0.15, 0.2) is 11.5 Å². The van der Waals surface area contributed by atoms with E-state index < -0.39 is 22.5 Å². The minimum atomic E-state index is -4.09. The number of carbonyl (C=O) groups is 1. The SMILES string of the molecule is COc1ccc(/C(C)=N/NC(=O)CN(c2ccc(Cl)c(Cl)c2)S(=O)(=O)c2ccccc2)cc1OC. The number of methoxy groups -OCH3 is 2. The van der Waals surface area contributed by atoms with Gasteiger partial charge in [-0.25, -0.2) is 13.8 Å². The van der Waals surface area contributed by atoms with Crippen LogP contribution in [0.1, 0.15) is 12.5 Å². The van der Waals surface area contributed by atoms with Crippen LogP contribution in [0.25, 0.3) is 0 Å². The molecular formula is C24H23Cl2N3O5S. The molecule has 0 fully saturated rings. The Morgan fingerprint density at radius 3 is 2.26 bits per heavy atom. The van der Waals surface area contributed by atoms with Gasteiger partial charge in [-0.2, -0.15) is 5.10 Å². The van der Waals surface area contributed by atoms with Gasteiger partial charge in [-0.3, -0.25) is 9.10 Å². The Balaban J connectivity index is 1.87. The molecule has 0 atom stereocenters. The molecule has 3 rings (SSSR count). The van der Waals surface area contributed by atoms with Gasteiger partial charge in [-0.1, -0.05) is 41.4 Å². The fraction of sp³-hybridized carbons (Fsp3) is 0.167. The molecule has 8 nitrogen and oxygen atoms in total. The van der Waals surface area contributed by atoms with Crippen LogP contribution in [-0.4, -0.2) is 40.8 Å². The average molecular weight is 536 g/mol. The Morgan fingerprint density at radius 1 is 0.943 bits per heavy atom. The first kappa shape index (κ1) is 26.3. The van der Waals surface area contributed by atoms with Gasteiger partial charge in [0.2, 0.25) is 0 Å². The number of benzene rings is 3. The Hall–Kier alpha value is -3.27. The molecule has 0 spiro atoms. The Kier molecular flexibility index (Phi) is 8.61. The van der Waals surface area contributed by atoms with Crippen molar-refractivity contribution in [3.05, 3.63) is 82.3 Å². The predicted octanol–water partition coefficient (Wildman–Crippen LogP) is 4.75. The number of sulfonamides is 1. The minimum absolute atomic E-state index is 0.0175. The van der Waals surface area contributed by atoms with E-state index in [-0.39, 0.29) is 20.6 Å². The fourth-order valence-corrected chi connectivity index (χ4v) is 4.84. The molecule has 3 aromatic rings. The largest absolute Gasteiger partial charge is 0.493 e. The maximum Gasteiger partial charge on any atom is 0.264 e. The number of anilines is 1. The van der Waals surface area contributed by atoms with Crippen LogP contribution < -0.4 is 19.2 Å². The van der Waals surface area contributed by atoms with Crippen LogP contribution >= 0.6 is 23.2 Å². The van der Waals surface area contributed by atoms with E-state index in [0.717, 1.165) is 4.31 Å². The lowest BCUT2D eigenvalue weighted by Crippen LogP contribution is -2.39. The van der Waals surface area contributed by atoms with Crippen LogP contribution in [0.5, 0.6) is 11.5 Å². The van der Waals surface area contributed by atoms with E-state index >= 15 is 0 Å². The molecule has 0 aliphatic rings. The lowest BCUT2D eigenvalue weighted by molar-refractivity contribution is -0.119. The summed E-state index contributed by atoms with van der Waals surface area (Å²) in [7, 11) is -1.05. The first-order chi connectivity index (χ1) is 16.7. The Labute approximate surface area is 214 Å². The molecule has 0 aliphatic carbocycles. The molecule has 1 amide bonds. The van der Waals surface area contributed by atoms with Crippen molar-refractivity contribution in [2.24, 2.45) is 5.10 Å². The molecule has 35 heavy (non-hydrogen) atoms. The maximum atomic E-state index is 13.4. The van der Waals surface area contributed by atoms with Gasteiger partial charge in [0, 0.05) is 5.56 Å². The summed E-state index contributed by atoms with van der Waals surface area (Å²) in [5.41, 5.74) is 3.75. The third kappa shape index (κ3) is 6.25. The molecule has 0 radical (unpaired) electrons. The summed E-state index contributed by atoms with van der Waals surface area (Å²) < 4.78 is 38.2. The number of rotatable bonds is 9. The predicted molar refractivity (Wildman–Crippen MR) is 137 cm³/mol. The van der Waals surface area contributed by atoms with Gasteiger partial charge in [-0.15, -0.1) is 0 Å². The molecule has 0 bridgehead atoms. The van der Waals surface area contributed by atoms with E-state index in [4.69, 9.17) is 32.7 Å². The number of nitrogens with one attached hydrogen (secondary N) is 1. The molecule has 0 saturated carbocycles. The zero-order chi connectivity index (χ0) is 25.6. The Bertz CT molecular complexity index is 1350. The second kappa shape index (κ2) is 11.4. The van der Waals surface area contributed by atoms with Crippen LogP contribution in [0.4, 0.5) is 5.69 Å². The highest BCUT2D eigenvalue weighted by atomic mass is 35.5. The monoisotopic (exact) mass is 535 g/mol. The van der Waals surface area contributed by atoms with Crippen LogP contribution in [0.2, 0.25) is 10.0 Å². The summed E-state index contributed by atoms with van der Waals surface area (Å²) >= 11 is 12.1. The summed E-state index contributed by atoms with van der Waals surface area (Å²) in [5, 5.41) is 4.52. The highest BCUT2D eigenvalue weighted by Crippen LogP contribution is 2.30. The number of hydrogen-bond donors (Lipinski definition) is 1. The molecule has 0 aromatic heterocycles. The van der Waals surface area contributed by atoms with Crippen molar-refractivity contribution in [3.8, 4) is 11.5 Å². The molecule has 1 N–H and O–H groups in total. The summed E-state index contributed by atoms with van der Waals surface area (Å²) in [6.07, 6.45) is 0. The van der Waals surface area contributed by atoms with Gasteiger partial charge in [0.25, 0.3) is 15.9 Å². The van der Waals surface area contributed by atoms with Crippen molar-refractivity contribution < 1.29 is 22.7 Å². The van der Waals surface area contributed by atoms with Crippen molar-refractivity contribution >= 4 is 50.5 Å². The number of ether oxygens (including phenoxy) is 2. The molecule has 0 heterocycles. The number of hydrogen-bond acceptors (Lipinski definition) is 6. The van der Waals surface area contributed by atoms with E-state index in [1.165, 1.54) is 44.6 Å². The molecule has 3 aromatic carbocycles. The van der Waals surface area contributed by atoms with E-state index in [9.17, 15) is 13.2 Å². The minimum Gasteiger partial charge on any atom is -0.493 e. The number of amides is 1. The fourth-order valence-electron chi connectivity index (χ4n) is 3.11. The van der Waals surface area contributed by atoms with Crippen LogP contribution in [-0.2, 0) is 14.8 Å². The normalized spacial score (nSPS) is 11.6. The van der Waals surface area contributed by atoms with Gasteiger partial charge in [0.05, 0.1) is 40.6 Å². The van der Waals surface area contributed by atoms with E-state index in [1.54, 1.807) is 43.3 Å². The van der Waals surface area contributed by atoms with Crippen LogP contribution in [0, 0.1) is 0 Å². The quantitative estimate of drug-likeness (QED) is 0.315. The van der Waals surface area contributed by atoms with E-state index in [0.29, 0.717) is 22.8 Å². The Morgan fingerprint density at radius 2 is 1.63 bits per heavy atom. The zero-order valence-corrected chi connectivity index (χ0v) is 21.5. The van der Waals surface area contributed by atoms with Crippen LogP contribution in [0.3, 0.4) is 0 Å². The van der Waals surface area contributed by atoms with Gasteiger partial charge >= 0.3 is 0 Å². The van der Waals surface area contributed by atoms with Gasteiger partial charge in [-0.05, 0) is 55.5 Å². The van der Waals surface area contributed by atoms with Crippen LogP contribution in [0.15, 0.2) is 76.7 Å². The molecule has 0 saturated heterocycles. The van der Waals surface area contributed by atoms with E-state index in [1.807, 2.05) is 0 Å². The van der Waals surface area contributed by atoms with Crippen molar-refractivity contribution in [2.75, 3.05) is 25.1 Å². The molecule has 0 unspecified atom stereocenters. The molecule has 184 valence electrons.